The molecule has 1 aliphatic carbocycles. The average molecular weight is 186 g/mol. The van der Waals surface area contributed by atoms with Gasteiger partial charge in [-0.3, -0.25) is 0 Å². The molecule has 1 nitrogen and oxygen atoms in total. The van der Waals surface area contributed by atoms with Crippen LogP contribution in [0.4, 0.5) is 0 Å². The lowest BCUT2D eigenvalue weighted by atomic mass is 9.84. The van der Waals surface area contributed by atoms with Gasteiger partial charge >= 0.3 is 0 Å². The van der Waals surface area contributed by atoms with Crippen molar-refractivity contribution in [2.45, 2.75) is 18.9 Å². The summed E-state index contributed by atoms with van der Waals surface area (Å²) < 4.78 is 0. The SMILES string of the molecule is CC1(O)CC=CC=C1c1ccccc1. The fourth-order valence-corrected chi connectivity index (χ4v) is 1.78. The molecule has 0 aliphatic heterocycles. The smallest absolute Gasteiger partial charge is 0.0908 e. The summed E-state index contributed by atoms with van der Waals surface area (Å²) in [6.07, 6.45) is 6.67. The van der Waals surface area contributed by atoms with Crippen molar-refractivity contribution in [3.63, 3.8) is 0 Å². The molecule has 1 heteroatoms. The molecule has 0 saturated heterocycles. The lowest BCUT2D eigenvalue weighted by Gasteiger charge is -2.27. The quantitative estimate of drug-likeness (QED) is 0.715. The standard InChI is InChI=1S/C13H14O/c1-13(14)10-6-5-9-12(13)11-7-3-2-4-8-11/h2-9,14H,10H2,1H3. The average Bonchev–Trinajstić information content (AvgIpc) is 2.18. The van der Waals surface area contributed by atoms with Gasteiger partial charge in [0.2, 0.25) is 0 Å². The van der Waals surface area contributed by atoms with Crippen LogP contribution in [-0.4, -0.2) is 10.7 Å². The Morgan fingerprint density at radius 2 is 1.93 bits per heavy atom. The molecule has 2 rings (SSSR count). The summed E-state index contributed by atoms with van der Waals surface area (Å²) in [5.74, 6) is 0. The maximum absolute atomic E-state index is 10.2. The molecule has 0 bridgehead atoms. The molecule has 72 valence electrons. The summed E-state index contributed by atoms with van der Waals surface area (Å²) in [6.45, 7) is 1.86. The van der Waals surface area contributed by atoms with E-state index in [4.69, 9.17) is 0 Å². The van der Waals surface area contributed by atoms with Crippen LogP contribution in [0.3, 0.4) is 0 Å². The van der Waals surface area contributed by atoms with Crippen molar-refractivity contribution in [2.75, 3.05) is 0 Å². The summed E-state index contributed by atoms with van der Waals surface area (Å²) in [6, 6.07) is 10.0. The zero-order chi connectivity index (χ0) is 10.0. The Morgan fingerprint density at radius 1 is 1.21 bits per heavy atom. The van der Waals surface area contributed by atoms with E-state index < -0.39 is 5.60 Å². The first-order valence-electron chi connectivity index (χ1n) is 4.85. The van der Waals surface area contributed by atoms with Gasteiger partial charge in [0.15, 0.2) is 0 Å². The van der Waals surface area contributed by atoms with Crippen LogP contribution in [0.2, 0.25) is 0 Å². The summed E-state index contributed by atoms with van der Waals surface area (Å²) in [5.41, 5.74) is 1.37. The van der Waals surface area contributed by atoms with Gasteiger partial charge in [-0.2, -0.15) is 0 Å². The van der Waals surface area contributed by atoms with Gasteiger partial charge in [-0.05, 0) is 24.5 Å². The first-order chi connectivity index (χ1) is 6.70. The molecular weight excluding hydrogens is 172 g/mol. The molecule has 1 aromatic rings. The maximum Gasteiger partial charge on any atom is 0.0908 e. The number of hydrogen-bond acceptors (Lipinski definition) is 1. The van der Waals surface area contributed by atoms with Gasteiger partial charge in [0.25, 0.3) is 0 Å². The Morgan fingerprint density at radius 3 is 2.57 bits per heavy atom. The minimum Gasteiger partial charge on any atom is -0.385 e. The van der Waals surface area contributed by atoms with Crippen molar-refractivity contribution in [3.8, 4) is 0 Å². The fourth-order valence-electron chi connectivity index (χ4n) is 1.78. The van der Waals surface area contributed by atoms with Gasteiger partial charge in [-0.25, -0.2) is 0 Å². The molecule has 0 spiro atoms. The van der Waals surface area contributed by atoms with E-state index >= 15 is 0 Å². The van der Waals surface area contributed by atoms with Gasteiger partial charge in [0.1, 0.15) is 0 Å². The highest BCUT2D eigenvalue weighted by Crippen LogP contribution is 2.32. The van der Waals surface area contributed by atoms with Crippen molar-refractivity contribution in [1.29, 1.82) is 0 Å². The van der Waals surface area contributed by atoms with Crippen LogP contribution in [0.1, 0.15) is 18.9 Å². The van der Waals surface area contributed by atoms with Crippen molar-refractivity contribution in [1.82, 2.24) is 0 Å². The van der Waals surface area contributed by atoms with E-state index in [1.165, 1.54) is 0 Å². The largest absolute Gasteiger partial charge is 0.385 e. The lowest BCUT2D eigenvalue weighted by molar-refractivity contribution is 0.125. The second kappa shape index (κ2) is 3.43. The monoisotopic (exact) mass is 186 g/mol. The van der Waals surface area contributed by atoms with Crippen molar-refractivity contribution < 1.29 is 5.11 Å². The molecule has 14 heavy (non-hydrogen) atoms. The maximum atomic E-state index is 10.2. The van der Waals surface area contributed by atoms with Crippen LogP contribution in [0.25, 0.3) is 5.57 Å². The molecule has 0 saturated carbocycles. The summed E-state index contributed by atoms with van der Waals surface area (Å²) >= 11 is 0. The van der Waals surface area contributed by atoms with E-state index in [-0.39, 0.29) is 0 Å². The third-order valence-corrected chi connectivity index (χ3v) is 2.58. The Bertz CT molecular complexity index is 371. The molecule has 1 unspecified atom stereocenters. The van der Waals surface area contributed by atoms with Crippen LogP contribution >= 0.6 is 0 Å². The van der Waals surface area contributed by atoms with Crippen molar-refractivity contribution in [2.24, 2.45) is 0 Å². The Balaban J connectivity index is 2.43. The van der Waals surface area contributed by atoms with Crippen LogP contribution in [0.15, 0.2) is 48.6 Å². The molecule has 0 radical (unpaired) electrons. The molecule has 0 fully saturated rings. The van der Waals surface area contributed by atoms with Crippen LogP contribution in [0.5, 0.6) is 0 Å². The molecule has 1 aliphatic rings. The van der Waals surface area contributed by atoms with E-state index in [0.29, 0.717) is 6.42 Å². The molecule has 0 aromatic heterocycles. The predicted octanol–water partition coefficient (Wildman–Crippen LogP) is 2.78. The van der Waals surface area contributed by atoms with Crippen molar-refractivity contribution >= 4 is 5.57 Å². The minimum atomic E-state index is -0.726. The van der Waals surface area contributed by atoms with Gasteiger partial charge in [-0.15, -0.1) is 0 Å². The van der Waals surface area contributed by atoms with Gasteiger partial charge in [0.05, 0.1) is 5.60 Å². The van der Waals surface area contributed by atoms with E-state index in [1.807, 2.05) is 55.5 Å². The van der Waals surface area contributed by atoms with E-state index in [1.54, 1.807) is 0 Å². The zero-order valence-corrected chi connectivity index (χ0v) is 8.27. The summed E-state index contributed by atoms with van der Waals surface area (Å²) in [7, 11) is 0. The number of allylic oxidation sites excluding steroid dienone is 2. The third kappa shape index (κ3) is 1.64. The highest BCUT2D eigenvalue weighted by Gasteiger charge is 2.26. The molecule has 0 heterocycles. The first kappa shape index (κ1) is 9.22. The second-order valence-corrected chi connectivity index (χ2v) is 3.85. The Hall–Kier alpha value is -1.34. The first-order valence-corrected chi connectivity index (χ1v) is 4.85. The number of aliphatic hydroxyl groups is 1. The Kier molecular flexibility index (Phi) is 2.26. The van der Waals surface area contributed by atoms with Gasteiger partial charge < -0.3 is 5.11 Å². The molecule has 1 atom stereocenters. The number of rotatable bonds is 1. The zero-order valence-electron chi connectivity index (χ0n) is 8.27. The van der Waals surface area contributed by atoms with Crippen LogP contribution in [-0.2, 0) is 0 Å². The highest BCUT2D eigenvalue weighted by atomic mass is 16.3. The van der Waals surface area contributed by atoms with Crippen LogP contribution < -0.4 is 0 Å². The molecule has 1 aromatic carbocycles. The topological polar surface area (TPSA) is 20.2 Å². The third-order valence-electron chi connectivity index (χ3n) is 2.58. The van der Waals surface area contributed by atoms with Gasteiger partial charge in [-0.1, -0.05) is 48.6 Å². The van der Waals surface area contributed by atoms with E-state index in [2.05, 4.69) is 0 Å². The second-order valence-electron chi connectivity index (χ2n) is 3.85. The fraction of sp³-hybridized carbons (Fsp3) is 0.231. The molecule has 1 N–H and O–H groups in total. The Labute approximate surface area is 84.4 Å². The lowest BCUT2D eigenvalue weighted by Crippen LogP contribution is -2.26. The number of hydrogen-bond donors (Lipinski definition) is 1. The van der Waals surface area contributed by atoms with Gasteiger partial charge in [0, 0.05) is 0 Å². The minimum absolute atomic E-state index is 0.688. The van der Waals surface area contributed by atoms with E-state index in [9.17, 15) is 5.11 Å². The predicted molar refractivity (Wildman–Crippen MR) is 58.8 cm³/mol. The molecule has 0 amide bonds. The van der Waals surface area contributed by atoms with E-state index in [0.717, 1.165) is 11.1 Å². The normalized spacial score (nSPS) is 26.0. The van der Waals surface area contributed by atoms with Crippen LogP contribution in [0, 0.1) is 0 Å². The highest BCUT2D eigenvalue weighted by molar-refractivity contribution is 5.74. The summed E-state index contributed by atoms with van der Waals surface area (Å²) in [5, 5.41) is 10.2. The summed E-state index contributed by atoms with van der Waals surface area (Å²) in [4.78, 5) is 0. The molecular formula is C13H14O. The van der Waals surface area contributed by atoms with Crippen molar-refractivity contribution in [3.05, 3.63) is 54.1 Å². The number of benzene rings is 1.